The maximum Gasteiger partial charge on any atom is 0.223 e. The van der Waals surface area contributed by atoms with Crippen molar-refractivity contribution in [2.75, 3.05) is 0 Å². The second-order valence-corrected chi connectivity index (χ2v) is 3.92. The second-order valence-electron chi connectivity index (χ2n) is 2.10. The van der Waals surface area contributed by atoms with Crippen LogP contribution in [-0.2, 0) is 5.04 Å². The minimum Gasteiger partial charge on any atom is -0.288 e. The molecule has 0 fully saturated rings. The van der Waals surface area contributed by atoms with Crippen molar-refractivity contribution in [3.63, 3.8) is 0 Å². The first-order valence-corrected chi connectivity index (χ1v) is 5.29. The molecule has 0 spiro atoms. The molecule has 5 heteroatoms. The molecule has 2 heterocycles. The fourth-order valence-electron chi connectivity index (χ4n) is 0.706. The van der Waals surface area contributed by atoms with Gasteiger partial charge in [0.15, 0.2) is 0 Å². The van der Waals surface area contributed by atoms with Crippen LogP contribution in [0.2, 0.25) is 0 Å². The molecular weight excluding hydrogens is 208 g/mol. The van der Waals surface area contributed by atoms with Gasteiger partial charge in [0.25, 0.3) is 0 Å². The van der Waals surface area contributed by atoms with E-state index in [1.54, 1.807) is 12.1 Å². The monoisotopic (exact) mass is 214 g/mol. The van der Waals surface area contributed by atoms with Crippen molar-refractivity contribution in [2.24, 2.45) is 0 Å². The number of rotatable bonds is 4. The minimum atomic E-state index is 0.663. The summed E-state index contributed by atoms with van der Waals surface area (Å²) in [5.41, 5.74) is 0. The molecule has 0 amide bonds. The molecule has 2 rings (SSSR count). The summed E-state index contributed by atoms with van der Waals surface area (Å²) in [6.07, 6.45) is 0. The van der Waals surface area contributed by atoms with Gasteiger partial charge in [-0.15, -0.1) is 22.7 Å². The normalized spacial score (nSPS) is 9.85. The Morgan fingerprint density at radius 2 is 1.38 bits per heavy atom. The van der Waals surface area contributed by atoms with Crippen LogP contribution in [0, 0.1) is 0 Å². The Bertz CT molecular complexity index is 294. The first-order chi connectivity index (χ1) is 6.45. The summed E-state index contributed by atoms with van der Waals surface area (Å²) in [5, 5.41) is 9.66. The average molecular weight is 214 g/mol. The third-order valence-electron chi connectivity index (χ3n) is 1.22. The lowest BCUT2D eigenvalue weighted by atomic mass is 10.7. The molecule has 13 heavy (non-hydrogen) atoms. The topological polar surface area (TPSA) is 27.7 Å². The van der Waals surface area contributed by atoms with Gasteiger partial charge in [-0.2, -0.15) is 0 Å². The summed E-state index contributed by atoms with van der Waals surface area (Å²) < 4.78 is 0. The predicted molar refractivity (Wildman–Crippen MR) is 51.0 cm³/mol. The quantitative estimate of drug-likeness (QED) is 0.578. The first kappa shape index (κ1) is 8.55. The molecular formula is C8H6O3S2. The van der Waals surface area contributed by atoms with Gasteiger partial charge in [0, 0.05) is 5.04 Å². The third-order valence-corrected chi connectivity index (χ3v) is 2.68. The van der Waals surface area contributed by atoms with Gasteiger partial charge < -0.3 is 0 Å². The van der Waals surface area contributed by atoms with Gasteiger partial charge in [0.05, 0.1) is 0 Å². The summed E-state index contributed by atoms with van der Waals surface area (Å²) in [6.45, 7) is 0. The molecule has 68 valence electrons. The number of hydrogen-bond acceptors (Lipinski definition) is 5. The van der Waals surface area contributed by atoms with Crippen molar-refractivity contribution in [1.29, 1.82) is 0 Å². The van der Waals surface area contributed by atoms with E-state index >= 15 is 0 Å². The zero-order valence-electron chi connectivity index (χ0n) is 6.51. The second kappa shape index (κ2) is 4.27. The van der Waals surface area contributed by atoms with Crippen LogP contribution in [0.15, 0.2) is 35.0 Å². The zero-order chi connectivity index (χ0) is 8.93. The van der Waals surface area contributed by atoms with Crippen LogP contribution in [0.1, 0.15) is 0 Å². The highest BCUT2D eigenvalue weighted by Crippen LogP contribution is 2.21. The average Bonchev–Trinajstić information content (AvgIpc) is 2.75. The maximum atomic E-state index is 4.82. The highest BCUT2D eigenvalue weighted by Gasteiger charge is 1.97. The van der Waals surface area contributed by atoms with Crippen LogP contribution >= 0.6 is 22.7 Å². The van der Waals surface area contributed by atoms with E-state index in [4.69, 9.17) is 9.78 Å². The zero-order valence-corrected chi connectivity index (χ0v) is 8.14. The van der Waals surface area contributed by atoms with E-state index in [9.17, 15) is 0 Å². The third kappa shape index (κ3) is 2.45. The molecule has 0 aliphatic heterocycles. The number of hydrogen-bond donors (Lipinski definition) is 0. The van der Waals surface area contributed by atoms with Crippen LogP contribution in [-0.4, -0.2) is 0 Å². The molecule has 0 aromatic carbocycles. The van der Waals surface area contributed by atoms with Gasteiger partial charge in [0.2, 0.25) is 10.1 Å². The van der Waals surface area contributed by atoms with Crippen molar-refractivity contribution in [2.45, 2.75) is 0 Å². The highest BCUT2D eigenvalue weighted by molar-refractivity contribution is 7.12. The molecule has 0 bridgehead atoms. The highest BCUT2D eigenvalue weighted by atomic mass is 32.1. The van der Waals surface area contributed by atoms with Crippen molar-refractivity contribution >= 4 is 22.7 Å². The standard InChI is InChI=1S/C8H6O3S2/c1-3-7(12-5-1)9-11-10-8-4-2-6-13-8/h1-6H. The molecule has 0 aliphatic carbocycles. The van der Waals surface area contributed by atoms with E-state index in [2.05, 4.69) is 5.04 Å². The van der Waals surface area contributed by atoms with E-state index in [0.717, 1.165) is 0 Å². The lowest BCUT2D eigenvalue weighted by Gasteiger charge is -1.98. The lowest BCUT2D eigenvalue weighted by Crippen LogP contribution is -1.99. The van der Waals surface area contributed by atoms with Crippen LogP contribution in [0.25, 0.3) is 0 Å². The van der Waals surface area contributed by atoms with Crippen molar-refractivity contribution in [3.05, 3.63) is 35.0 Å². The lowest BCUT2D eigenvalue weighted by molar-refractivity contribution is -0.408. The van der Waals surface area contributed by atoms with E-state index in [1.165, 1.54) is 22.7 Å². The predicted octanol–water partition coefficient (Wildman–Crippen LogP) is 3.11. The summed E-state index contributed by atoms with van der Waals surface area (Å²) in [6, 6.07) is 7.33. The Kier molecular flexibility index (Phi) is 2.81. The van der Waals surface area contributed by atoms with E-state index in [0.29, 0.717) is 10.1 Å². The molecule has 0 aliphatic rings. The van der Waals surface area contributed by atoms with E-state index in [1.807, 2.05) is 22.9 Å². The van der Waals surface area contributed by atoms with E-state index < -0.39 is 0 Å². The van der Waals surface area contributed by atoms with Gasteiger partial charge in [-0.05, 0) is 35.0 Å². The van der Waals surface area contributed by atoms with Gasteiger partial charge >= 0.3 is 0 Å². The Labute approximate surface area is 83.0 Å². The SMILES string of the molecule is c1csc(OOOc2cccs2)c1. The largest absolute Gasteiger partial charge is 0.288 e. The molecule has 0 radical (unpaired) electrons. The Balaban J connectivity index is 1.76. The summed E-state index contributed by atoms with van der Waals surface area (Å²) in [4.78, 5) is 9.64. The fourth-order valence-corrected chi connectivity index (χ4v) is 1.74. The molecule has 3 nitrogen and oxygen atoms in total. The summed E-state index contributed by atoms with van der Waals surface area (Å²) in [5.74, 6) is 0. The van der Waals surface area contributed by atoms with Gasteiger partial charge in [-0.3, -0.25) is 9.78 Å². The molecule has 0 atom stereocenters. The molecule has 2 aromatic heterocycles. The molecule has 2 aromatic rings. The smallest absolute Gasteiger partial charge is 0.223 e. The van der Waals surface area contributed by atoms with Crippen LogP contribution < -0.4 is 9.78 Å². The van der Waals surface area contributed by atoms with Gasteiger partial charge in [0.1, 0.15) is 0 Å². The maximum absolute atomic E-state index is 4.82. The first-order valence-electron chi connectivity index (χ1n) is 3.53. The van der Waals surface area contributed by atoms with Crippen LogP contribution in [0.4, 0.5) is 0 Å². The van der Waals surface area contributed by atoms with E-state index in [-0.39, 0.29) is 0 Å². The van der Waals surface area contributed by atoms with Crippen molar-refractivity contribution in [3.8, 4) is 10.1 Å². The van der Waals surface area contributed by atoms with Crippen LogP contribution in [0.3, 0.4) is 0 Å². The van der Waals surface area contributed by atoms with Gasteiger partial charge in [-0.25, -0.2) is 0 Å². The van der Waals surface area contributed by atoms with Crippen LogP contribution in [0.5, 0.6) is 10.1 Å². The Hall–Kier alpha value is -1.04. The Morgan fingerprint density at radius 3 is 1.77 bits per heavy atom. The fraction of sp³-hybridized carbons (Fsp3) is 0. The van der Waals surface area contributed by atoms with Crippen molar-refractivity contribution in [1.82, 2.24) is 0 Å². The Morgan fingerprint density at radius 1 is 0.846 bits per heavy atom. The molecule has 0 N–H and O–H groups in total. The molecule has 0 saturated carbocycles. The molecule has 0 saturated heterocycles. The molecule has 0 unspecified atom stereocenters. The summed E-state index contributed by atoms with van der Waals surface area (Å²) in [7, 11) is 0. The van der Waals surface area contributed by atoms with Crippen molar-refractivity contribution < 1.29 is 14.8 Å². The number of thiophene rings is 2. The minimum absolute atomic E-state index is 0.663. The van der Waals surface area contributed by atoms with Gasteiger partial charge in [-0.1, -0.05) is 0 Å². The summed E-state index contributed by atoms with van der Waals surface area (Å²) >= 11 is 2.87.